The summed E-state index contributed by atoms with van der Waals surface area (Å²) in [5, 5.41) is 23.9. The van der Waals surface area contributed by atoms with Crippen LogP contribution in [0.4, 0.5) is 0 Å². The van der Waals surface area contributed by atoms with Crippen LogP contribution in [0.25, 0.3) is 0 Å². The van der Waals surface area contributed by atoms with Gasteiger partial charge in [-0.05, 0) is 15.7 Å². The summed E-state index contributed by atoms with van der Waals surface area (Å²) in [5.74, 6) is -0.0851. The first-order valence-corrected chi connectivity index (χ1v) is 7.22. The maximum atomic E-state index is 12.8. The summed E-state index contributed by atoms with van der Waals surface area (Å²) in [6.45, 7) is 11.4. The molecule has 124 valence electrons. The first-order valence-electron chi connectivity index (χ1n) is 7.22. The smallest absolute Gasteiger partial charge is 0.596 e. The predicted molar refractivity (Wildman–Crippen MR) is 82.5 cm³/mol. The third-order valence-corrected chi connectivity index (χ3v) is 3.71. The van der Waals surface area contributed by atoms with Gasteiger partial charge < -0.3 is 15.2 Å². The fourth-order valence-electron chi connectivity index (χ4n) is 2.50. The van der Waals surface area contributed by atoms with Crippen molar-refractivity contribution in [2.45, 2.75) is 47.1 Å². The zero-order valence-corrected chi connectivity index (χ0v) is 17.4. The van der Waals surface area contributed by atoms with E-state index in [1.807, 2.05) is 41.5 Å². The molecule has 0 unspecified atom stereocenters. The van der Waals surface area contributed by atoms with E-state index >= 15 is 0 Å². The SMILES string of the molecule is COCC1([N+]([O-])=NO)C=C(C(C)(C)C)C(=O)C(C(C)(C)C)=C1.[Na+]. The second-order valence-electron chi connectivity index (χ2n) is 7.73. The number of hydroxylamine groups is 1. The summed E-state index contributed by atoms with van der Waals surface area (Å²) < 4.78 is 5.15. The van der Waals surface area contributed by atoms with E-state index in [0.717, 1.165) is 0 Å². The van der Waals surface area contributed by atoms with Gasteiger partial charge in [0, 0.05) is 30.4 Å². The normalized spacial score (nSPS) is 18.9. The van der Waals surface area contributed by atoms with Crippen molar-refractivity contribution in [3.05, 3.63) is 28.5 Å². The number of nitrogens with zero attached hydrogens (tertiary/aromatic N) is 2. The largest absolute Gasteiger partial charge is 1.00 e. The van der Waals surface area contributed by atoms with Crippen molar-refractivity contribution in [1.29, 1.82) is 0 Å². The summed E-state index contributed by atoms with van der Waals surface area (Å²) in [6.07, 6.45) is 3.11. The Morgan fingerprint density at radius 3 is 1.83 bits per heavy atom. The van der Waals surface area contributed by atoms with E-state index in [-0.39, 0.29) is 46.8 Å². The predicted octanol–water partition coefficient (Wildman–Crippen LogP) is 0.255. The van der Waals surface area contributed by atoms with Crippen LogP contribution in [0.15, 0.2) is 28.6 Å². The molecule has 0 atom stereocenters. The second kappa shape index (κ2) is 7.47. The zero-order valence-electron chi connectivity index (χ0n) is 15.4. The maximum absolute atomic E-state index is 12.8. The standard InChI is InChI=1S/C16H26N2O4.Na/c1-14(2,3)11-8-16(10-22-7,18(21)17-20)9-12(13(11)19)15(4,5)6;/h8-9,20H,10H2,1-7H3;/q;+1. The molecule has 0 aliphatic heterocycles. The molecule has 7 heteroatoms. The average molecular weight is 333 g/mol. The van der Waals surface area contributed by atoms with Crippen molar-refractivity contribution < 1.29 is 49.2 Å². The number of allylic oxidation sites excluding steroid dienone is 2. The Kier molecular flexibility index (Phi) is 7.24. The number of ether oxygens (including phenoxy) is 1. The van der Waals surface area contributed by atoms with Crippen LogP contribution in [-0.2, 0) is 9.53 Å². The van der Waals surface area contributed by atoms with Gasteiger partial charge in [-0.3, -0.25) is 4.79 Å². The molecule has 1 rings (SSSR count). The molecule has 0 saturated heterocycles. The van der Waals surface area contributed by atoms with E-state index in [4.69, 9.17) is 9.94 Å². The molecule has 0 aromatic carbocycles. The van der Waals surface area contributed by atoms with Crippen LogP contribution < -0.4 is 29.6 Å². The van der Waals surface area contributed by atoms with Crippen LogP contribution >= 0.6 is 0 Å². The molecular weight excluding hydrogens is 307 g/mol. The number of ketones is 1. The second-order valence-corrected chi connectivity index (χ2v) is 7.73. The van der Waals surface area contributed by atoms with Gasteiger partial charge in [-0.1, -0.05) is 41.5 Å². The number of hydrogen-bond donors (Lipinski definition) is 1. The third kappa shape index (κ3) is 4.66. The summed E-state index contributed by atoms with van der Waals surface area (Å²) in [5.41, 5.74) is -1.19. The summed E-state index contributed by atoms with van der Waals surface area (Å²) in [6, 6.07) is 0. The Bertz CT molecular complexity index is 517. The van der Waals surface area contributed by atoms with E-state index in [1.54, 1.807) is 12.2 Å². The molecule has 1 aliphatic rings. The molecule has 1 aliphatic carbocycles. The van der Waals surface area contributed by atoms with Gasteiger partial charge in [0.15, 0.2) is 11.1 Å². The molecule has 0 spiro atoms. The third-order valence-electron chi connectivity index (χ3n) is 3.71. The van der Waals surface area contributed by atoms with E-state index in [2.05, 4.69) is 5.28 Å². The topological polar surface area (TPSA) is 85.0 Å². The Morgan fingerprint density at radius 1 is 1.17 bits per heavy atom. The van der Waals surface area contributed by atoms with Crippen molar-refractivity contribution in [2.75, 3.05) is 13.7 Å². The van der Waals surface area contributed by atoms with Crippen LogP contribution in [0.2, 0.25) is 0 Å². The van der Waals surface area contributed by atoms with Gasteiger partial charge in [0.2, 0.25) is 0 Å². The Balaban J connectivity index is 0.00000484. The molecule has 6 nitrogen and oxygen atoms in total. The van der Waals surface area contributed by atoms with Crippen molar-refractivity contribution in [3.8, 4) is 0 Å². The number of hydrogen-bond acceptors (Lipinski definition) is 4. The summed E-state index contributed by atoms with van der Waals surface area (Å²) >= 11 is 0. The molecule has 1 N–H and O–H groups in total. The van der Waals surface area contributed by atoms with Crippen molar-refractivity contribution in [2.24, 2.45) is 16.1 Å². The van der Waals surface area contributed by atoms with Gasteiger partial charge in [-0.15, -0.1) is 0 Å². The monoisotopic (exact) mass is 333 g/mol. The fourth-order valence-corrected chi connectivity index (χ4v) is 2.50. The number of rotatable bonds is 3. The van der Waals surface area contributed by atoms with Crippen molar-refractivity contribution in [3.63, 3.8) is 0 Å². The number of carbonyl (C=O) groups excluding carboxylic acids is 1. The van der Waals surface area contributed by atoms with Crippen LogP contribution in [0, 0.1) is 16.0 Å². The Labute approximate surface area is 160 Å². The molecule has 23 heavy (non-hydrogen) atoms. The quantitative estimate of drug-likeness (QED) is 0.347. The average Bonchev–Trinajstić information content (AvgIpc) is 2.37. The van der Waals surface area contributed by atoms with Gasteiger partial charge in [0.1, 0.15) is 6.61 Å². The van der Waals surface area contributed by atoms with E-state index in [0.29, 0.717) is 11.1 Å². The Morgan fingerprint density at radius 2 is 1.57 bits per heavy atom. The van der Waals surface area contributed by atoms with E-state index < -0.39 is 16.4 Å². The first kappa shape index (κ1) is 22.3. The molecule has 0 radical (unpaired) electrons. The minimum atomic E-state index is -1.33. The van der Waals surface area contributed by atoms with Gasteiger partial charge in [-0.25, -0.2) is 0 Å². The van der Waals surface area contributed by atoms with Gasteiger partial charge in [0.25, 0.3) is 5.54 Å². The minimum Gasteiger partial charge on any atom is -0.596 e. The Hall–Kier alpha value is -0.690. The minimum absolute atomic E-state index is 0. The molecule has 0 heterocycles. The first-order chi connectivity index (χ1) is 9.89. The molecule has 0 aromatic heterocycles. The van der Waals surface area contributed by atoms with Crippen LogP contribution in [0.3, 0.4) is 0 Å². The van der Waals surface area contributed by atoms with Gasteiger partial charge in [-0.2, -0.15) is 0 Å². The van der Waals surface area contributed by atoms with Crippen molar-refractivity contribution >= 4 is 5.78 Å². The van der Waals surface area contributed by atoms with Gasteiger partial charge in [0.05, 0.1) is 0 Å². The van der Waals surface area contributed by atoms with Crippen LogP contribution in [0.5, 0.6) is 0 Å². The maximum Gasteiger partial charge on any atom is 1.00 e. The van der Waals surface area contributed by atoms with E-state index in [9.17, 15) is 10.0 Å². The molecule has 0 fully saturated rings. The van der Waals surface area contributed by atoms with Crippen LogP contribution in [-0.4, -0.2) is 35.1 Å². The number of methoxy groups -OCH3 is 1. The molecule has 0 aromatic rings. The molecular formula is C16H26N2NaO4+. The number of Topliss-reactive ketones (excluding diaryl/α,β-unsaturated/α-hetero) is 1. The van der Waals surface area contributed by atoms with Gasteiger partial charge >= 0.3 is 29.6 Å². The fraction of sp³-hybridized carbons (Fsp3) is 0.688. The molecule has 0 saturated carbocycles. The summed E-state index contributed by atoms with van der Waals surface area (Å²) in [7, 11) is 1.46. The number of carbonyl (C=O) groups is 1. The van der Waals surface area contributed by atoms with Crippen LogP contribution in [0.1, 0.15) is 41.5 Å². The molecule has 0 bridgehead atoms. The zero-order chi connectivity index (χ0) is 17.3. The van der Waals surface area contributed by atoms with E-state index in [1.165, 1.54) is 7.11 Å². The summed E-state index contributed by atoms with van der Waals surface area (Å²) in [4.78, 5) is 13.0. The van der Waals surface area contributed by atoms with Crippen molar-refractivity contribution in [1.82, 2.24) is 0 Å². The molecule has 0 amide bonds.